The summed E-state index contributed by atoms with van der Waals surface area (Å²) in [5.41, 5.74) is 7.63. The van der Waals surface area contributed by atoms with Gasteiger partial charge in [0, 0.05) is 41.5 Å². The smallest absolute Gasteiger partial charge is 0.290 e. The van der Waals surface area contributed by atoms with Crippen molar-refractivity contribution in [1.82, 2.24) is 15.0 Å². The summed E-state index contributed by atoms with van der Waals surface area (Å²) in [6, 6.07) is 11.5. The zero-order valence-electron chi connectivity index (χ0n) is 23.9. The van der Waals surface area contributed by atoms with Crippen molar-refractivity contribution in [1.29, 1.82) is 0 Å². The van der Waals surface area contributed by atoms with Crippen LogP contribution in [0.3, 0.4) is 0 Å². The second-order valence-electron chi connectivity index (χ2n) is 10.8. The summed E-state index contributed by atoms with van der Waals surface area (Å²) in [5.74, 6) is 0.582. The highest BCUT2D eigenvalue weighted by Gasteiger charge is 2.22. The fourth-order valence-corrected chi connectivity index (χ4v) is 5.19. The van der Waals surface area contributed by atoms with Gasteiger partial charge in [0.2, 0.25) is 0 Å². The molecular weight excluding hydrogens is 521 g/mol. The molecule has 0 bridgehead atoms. The number of halogens is 1. The van der Waals surface area contributed by atoms with Crippen LogP contribution in [0.25, 0.3) is 43.9 Å². The topological polar surface area (TPSA) is 105 Å². The minimum atomic E-state index is -0.500. The molecule has 1 aliphatic rings. The molecule has 41 heavy (non-hydrogen) atoms. The van der Waals surface area contributed by atoms with Crippen LogP contribution in [0.1, 0.15) is 44.4 Å². The van der Waals surface area contributed by atoms with Crippen LogP contribution in [-0.4, -0.2) is 43.8 Å². The second-order valence-corrected chi connectivity index (χ2v) is 10.8. The Bertz CT molecular complexity index is 1680. The highest BCUT2D eigenvalue weighted by Crippen LogP contribution is 2.44. The van der Waals surface area contributed by atoms with Gasteiger partial charge in [-0.2, -0.15) is 0 Å². The number of aliphatic hydroxyl groups is 1. The molecule has 6 rings (SSSR count). The summed E-state index contributed by atoms with van der Waals surface area (Å²) >= 11 is 0. The predicted molar refractivity (Wildman–Crippen MR) is 160 cm³/mol. The molecule has 0 spiro atoms. The van der Waals surface area contributed by atoms with Gasteiger partial charge in [0.1, 0.15) is 17.9 Å². The SMILES string of the molecule is CC(C)(C)O.CCc1c(C)cc2c(-c3cncnc3)cc(F)cc2c1-c1ccc2c3c(ccnc13)CCO2.O=CO. The Labute approximate surface area is 238 Å². The number of hydrogen-bond donors (Lipinski definition) is 2. The van der Waals surface area contributed by atoms with Crippen LogP contribution in [0.15, 0.2) is 61.3 Å². The summed E-state index contributed by atoms with van der Waals surface area (Å²) in [6.07, 6.45) is 8.50. The molecule has 0 unspecified atom stereocenters. The predicted octanol–water partition coefficient (Wildman–Crippen LogP) is 6.93. The summed E-state index contributed by atoms with van der Waals surface area (Å²) < 4.78 is 21.0. The second kappa shape index (κ2) is 12.4. The number of pyridine rings is 1. The molecule has 0 aliphatic carbocycles. The number of rotatable bonds is 3. The van der Waals surface area contributed by atoms with Crippen molar-refractivity contribution >= 4 is 28.1 Å². The molecule has 3 heterocycles. The fourth-order valence-electron chi connectivity index (χ4n) is 5.19. The van der Waals surface area contributed by atoms with Gasteiger partial charge >= 0.3 is 0 Å². The van der Waals surface area contributed by atoms with Gasteiger partial charge in [0.25, 0.3) is 6.47 Å². The number of carboxylic acid groups (broad SMARTS) is 1. The molecule has 0 atom stereocenters. The van der Waals surface area contributed by atoms with E-state index in [0.717, 1.165) is 62.5 Å². The van der Waals surface area contributed by atoms with E-state index < -0.39 is 5.60 Å². The average Bonchev–Trinajstić information content (AvgIpc) is 2.93. The molecule has 3 aromatic carbocycles. The lowest BCUT2D eigenvalue weighted by Crippen LogP contribution is -2.10. The average molecular weight is 556 g/mol. The number of fused-ring (bicyclic) bond motifs is 1. The van der Waals surface area contributed by atoms with E-state index in [4.69, 9.17) is 24.7 Å². The first-order chi connectivity index (χ1) is 19.6. The molecular formula is C33H34FN3O4. The largest absolute Gasteiger partial charge is 0.493 e. The lowest BCUT2D eigenvalue weighted by Gasteiger charge is -2.22. The maximum atomic E-state index is 15.0. The van der Waals surface area contributed by atoms with Gasteiger partial charge in [-0.15, -0.1) is 0 Å². The van der Waals surface area contributed by atoms with Gasteiger partial charge in [-0.05, 0) is 103 Å². The van der Waals surface area contributed by atoms with Crippen molar-refractivity contribution in [2.75, 3.05) is 6.61 Å². The summed E-state index contributed by atoms with van der Waals surface area (Å²) in [7, 11) is 0. The Morgan fingerprint density at radius 2 is 1.73 bits per heavy atom. The van der Waals surface area contributed by atoms with Crippen LogP contribution in [-0.2, 0) is 17.6 Å². The summed E-state index contributed by atoms with van der Waals surface area (Å²) in [6.45, 7) is 9.92. The third kappa shape index (κ3) is 6.49. The van der Waals surface area contributed by atoms with E-state index in [1.807, 2.05) is 12.3 Å². The Morgan fingerprint density at radius 3 is 2.39 bits per heavy atom. The van der Waals surface area contributed by atoms with Crippen molar-refractivity contribution < 1.29 is 24.1 Å². The number of carbonyl (C=O) groups is 1. The first-order valence-corrected chi connectivity index (χ1v) is 13.4. The van der Waals surface area contributed by atoms with E-state index in [9.17, 15) is 0 Å². The Kier molecular flexibility index (Phi) is 8.93. The van der Waals surface area contributed by atoms with Gasteiger partial charge in [-0.1, -0.05) is 13.0 Å². The molecule has 5 aromatic rings. The Balaban J connectivity index is 0.000000432. The van der Waals surface area contributed by atoms with Crippen molar-refractivity contribution in [3.8, 4) is 28.0 Å². The molecule has 0 saturated heterocycles. The van der Waals surface area contributed by atoms with Gasteiger partial charge in [-0.25, -0.2) is 14.4 Å². The molecule has 0 fully saturated rings. The normalized spacial score (nSPS) is 12.1. The number of ether oxygens (including phenoxy) is 1. The van der Waals surface area contributed by atoms with Crippen LogP contribution in [0, 0.1) is 12.7 Å². The Hall–Kier alpha value is -4.43. The van der Waals surface area contributed by atoms with Crippen molar-refractivity contribution in [2.45, 2.75) is 53.1 Å². The number of benzene rings is 3. The zero-order valence-corrected chi connectivity index (χ0v) is 23.9. The van der Waals surface area contributed by atoms with Crippen LogP contribution >= 0.6 is 0 Å². The first-order valence-electron chi connectivity index (χ1n) is 13.4. The number of aromatic nitrogens is 3. The van der Waals surface area contributed by atoms with E-state index in [0.29, 0.717) is 6.61 Å². The quantitative estimate of drug-likeness (QED) is 0.232. The molecule has 0 radical (unpaired) electrons. The lowest BCUT2D eigenvalue weighted by molar-refractivity contribution is -0.122. The van der Waals surface area contributed by atoms with E-state index in [-0.39, 0.29) is 12.3 Å². The molecule has 2 aromatic heterocycles. The van der Waals surface area contributed by atoms with Crippen LogP contribution in [0.2, 0.25) is 0 Å². The van der Waals surface area contributed by atoms with Gasteiger partial charge < -0.3 is 14.9 Å². The minimum Gasteiger partial charge on any atom is -0.493 e. The zero-order chi connectivity index (χ0) is 29.7. The van der Waals surface area contributed by atoms with Gasteiger partial charge in [-0.3, -0.25) is 9.78 Å². The minimum absolute atomic E-state index is 0.250. The highest BCUT2D eigenvalue weighted by atomic mass is 19.1. The van der Waals surface area contributed by atoms with Gasteiger partial charge in [0.05, 0.1) is 17.7 Å². The Morgan fingerprint density at radius 1 is 1.05 bits per heavy atom. The van der Waals surface area contributed by atoms with E-state index in [1.54, 1.807) is 45.3 Å². The molecule has 7 nitrogen and oxygen atoms in total. The summed E-state index contributed by atoms with van der Waals surface area (Å²) in [4.78, 5) is 21.4. The maximum absolute atomic E-state index is 15.0. The molecule has 212 valence electrons. The van der Waals surface area contributed by atoms with Crippen LogP contribution in [0.5, 0.6) is 5.75 Å². The number of nitrogens with zero attached hydrogens (tertiary/aromatic N) is 3. The molecule has 0 saturated carbocycles. The van der Waals surface area contributed by atoms with Crippen molar-refractivity contribution in [3.63, 3.8) is 0 Å². The van der Waals surface area contributed by atoms with Gasteiger partial charge in [0.15, 0.2) is 0 Å². The highest BCUT2D eigenvalue weighted by molar-refractivity contribution is 6.11. The lowest BCUT2D eigenvalue weighted by atomic mass is 9.85. The number of hydrogen-bond acceptors (Lipinski definition) is 6. The van der Waals surface area contributed by atoms with Crippen molar-refractivity contribution in [2.24, 2.45) is 0 Å². The van der Waals surface area contributed by atoms with E-state index in [1.165, 1.54) is 23.0 Å². The van der Waals surface area contributed by atoms with E-state index >= 15 is 4.39 Å². The first kappa shape index (κ1) is 29.6. The fraction of sp³-hybridized carbons (Fsp3) is 0.273. The van der Waals surface area contributed by atoms with Crippen LogP contribution in [0.4, 0.5) is 4.39 Å². The van der Waals surface area contributed by atoms with E-state index in [2.05, 4.69) is 42.0 Å². The molecule has 2 N–H and O–H groups in total. The molecule has 1 aliphatic heterocycles. The summed E-state index contributed by atoms with van der Waals surface area (Å²) in [5, 5.41) is 18.3. The maximum Gasteiger partial charge on any atom is 0.290 e. The molecule has 8 heteroatoms. The van der Waals surface area contributed by atoms with Crippen molar-refractivity contribution in [3.05, 3.63) is 83.8 Å². The third-order valence-corrected chi connectivity index (χ3v) is 6.62. The number of aryl methyl sites for hydroxylation is 1. The van der Waals surface area contributed by atoms with Crippen LogP contribution < -0.4 is 4.74 Å². The monoisotopic (exact) mass is 555 g/mol. The third-order valence-electron chi connectivity index (χ3n) is 6.62. The standard InChI is InChI=1S/C28H22FN3O.C4H10O.CH2O2/c1-3-20-16(2)10-23-22(18-13-30-15-31-14-18)11-19(29)12-24(23)27(20)21-4-5-25-26-17(7-9-33-25)6-8-32-28(21)26;1-4(2,3)5;2-1-3/h4-6,8,10-15H,3,7,9H2,1-2H3;5H,1-3H3;1H,(H,2,3). The molecule has 0 amide bonds.